The number of aldehydes is 1. The van der Waals surface area contributed by atoms with Gasteiger partial charge in [0.1, 0.15) is 6.29 Å². The second-order valence-corrected chi connectivity index (χ2v) is 4.88. The average molecular weight is 284 g/mol. The highest BCUT2D eigenvalue weighted by Gasteiger charge is 2.06. The van der Waals surface area contributed by atoms with E-state index in [1.165, 1.54) is 23.9 Å². The Balaban J connectivity index is 2.80. The van der Waals surface area contributed by atoms with Crippen molar-refractivity contribution in [2.75, 3.05) is 12.4 Å². The van der Waals surface area contributed by atoms with E-state index in [4.69, 9.17) is 5.11 Å². The van der Waals surface area contributed by atoms with Crippen molar-refractivity contribution < 1.29 is 9.90 Å². The van der Waals surface area contributed by atoms with E-state index in [2.05, 4.69) is 9.97 Å². The molecule has 0 unspecified atom stereocenters. The number of thioether (sulfide) groups is 1. The SMILES string of the molecule is O=C/C=C/c1c(SCCCCCO)[nH]c(=O)[nH]c1=O. The van der Waals surface area contributed by atoms with Crippen molar-refractivity contribution in [1.29, 1.82) is 0 Å². The van der Waals surface area contributed by atoms with Gasteiger partial charge in [0.2, 0.25) is 0 Å². The van der Waals surface area contributed by atoms with Gasteiger partial charge in [-0.2, -0.15) is 0 Å². The third-order valence-electron chi connectivity index (χ3n) is 2.33. The second kappa shape index (κ2) is 8.49. The number of aliphatic hydroxyl groups is 1. The van der Waals surface area contributed by atoms with Crippen LogP contribution in [0.25, 0.3) is 6.08 Å². The minimum atomic E-state index is -0.564. The molecule has 0 aromatic carbocycles. The van der Waals surface area contributed by atoms with Crippen molar-refractivity contribution in [3.8, 4) is 0 Å². The third-order valence-corrected chi connectivity index (χ3v) is 3.44. The lowest BCUT2D eigenvalue weighted by molar-refractivity contribution is -0.104. The molecule has 0 amide bonds. The monoisotopic (exact) mass is 284 g/mol. The molecule has 104 valence electrons. The Morgan fingerprint density at radius 2 is 1.95 bits per heavy atom. The molecule has 0 saturated carbocycles. The molecule has 1 heterocycles. The number of aliphatic hydroxyl groups excluding tert-OH is 1. The summed E-state index contributed by atoms with van der Waals surface area (Å²) in [6, 6.07) is 0. The maximum atomic E-state index is 11.6. The van der Waals surface area contributed by atoms with Crippen molar-refractivity contribution in [2.24, 2.45) is 0 Å². The van der Waals surface area contributed by atoms with Gasteiger partial charge in [-0.25, -0.2) is 4.79 Å². The summed E-state index contributed by atoms with van der Waals surface area (Å²) in [5, 5.41) is 9.11. The Morgan fingerprint density at radius 1 is 1.16 bits per heavy atom. The van der Waals surface area contributed by atoms with Gasteiger partial charge in [0, 0.05) is 6.61 Å². The van der Waals surface area contributed by atoms with E-state index in [-0.39, 0.29) is 12.2 Å². The molecule has 0 spiro atoms. The van der Waals surface area contributed by atoms with Gasteiger partial charge >= 0.3 is 5.69 Å². The third kappa shape index (κ3) is 5.27. The van der Waals surface area contributed by atoms with Gasteiger partial charge in [0.05, 0.1) is 10.6 Å². The number of aromatic amines is 2. The molecule has 0 aliphatic carbocycles. The van der Waals surface area contributed by atoms with E-state index < -0.39 is 11.2 Å². The number of carbonyl (C=O) groups excluding carboxylic acids is 1. The highest BCUT2D eigenvalue weighted by atomic mass is 32.2. The fourth-order valence-corrected chi connectivity index (χ4v) is 2.47. The number of allylic oxidation sites excluding steroid dienone is 1. The Morgan fingerprint density at radius 3 is 2.63 bits per heavy atom. The molecule has 0 aliphatic rings. The topological polar surface area (TPSA) is 103 Å². The summed E-state index contributed by atoms with van der Waals surface area (Å²) in [7, 11) is 0. The number of hydrogen-bond acceptors (Lipinski definition) is 5. The molecule has 0 aliphatic heterocycles. The lowest BCUT2D eigenvalue weighted by Gasteiger charge is -2.04. The van der Waals surface area contributed by atoms with Crippen LogP contribution in [0.15, 0.2) is 20.7 Å². The zero-order chi connectivity index (χ0) is 14.1. The van der Waals surface area contributed by atoms with Gasteiger partial charge < -0.3 is 10.1 Å². The van der Waals surface area contributed by atoms with Crippen molar-refractivity contribution >= 4 is 24.1 Å². The van der Waals surface area contributed by atoms with Crippen molar-refractivity contribution in [2.45, 2.75) is 24.3 Å². The molecule has 0 fully saturated rings. The maximum Gasteiger partial charge on any atom is 0.326 e. The van der Waals surface area contributed by atoms with Crippen LogP contribution in [0.1, 0.15) is 24.8 Å². The van der Waals surface area contributed by atoms with Gasteiger partial charge in [-0.3, -0.25) is 14.6 Å². The zero-order valence-corrected chi connectivity index (χ0v) is 11.2. The van der Waals surface area contributed by atoms with E-state index in [0.717, 1.165) is 25.0 Å². The number of nitrogens with one attached hydrogen (secondary N) is 2. The molecule has 1 rings (SSSR count). The quantitative estimate of drug-likeness (QED) is 0.212. The van der Waals surface area contributed by atoms with E-state index >= 15 is 0 Å². The summed E-state index contributed by atoms with van der Waals surface area (Å²) in [5.41, 5.74) is -0.801. The number of rotatable bonds is 8. The molecule has 6 nitrogen and oxygen atoms in total. The van der Waals surface area contributed by atoms with Gasteiger partial charge in [-0.15, -0.1) is 11.8 Å². The number of aromatic nitrogens is 2. The van der Waals surface area contributed by atoms with Crippen LogP contribution >= 0.6 is 11.8 Å². The van der Waals surface area contributed by atoms with Crippen molar-refractivity contribution in [1.82, 2.24) is 9.97 Å². The first-order valence-corrected chi connectivity index (χ1v) is 6.89. The summed E-state index contributed by atoms with van der Waals surface area (Å²) >= 11 is 1.35. The second-order valence-electron chi connectivity index (χ2n) is 3.78. The van der Waals surface area contributed by atoms with Crippen LogP contribution < -0.4 is 11.2 Å². The zero-order valence-electron chi connectivity index (χ0n) is 10.3. The highest BCUT2D eigenvalue weighted by Crippen LogP contribution is 2.19. The van der Waals surface area contributed by atoms with Crippen LogP contribution in [-0.4, -0.2) is 33.7 Å². The summed E-state index contributed by atoms with van der Waals surface area (Å²) in [6.45, 7) is 0.166. The molecule has 0 bridgehead atoms. The molecule has 1 aromatic heterocycles. The number of carbonyl (C=O) groups is 1. The molecular weight excluding hydrogens is 268 g/mol. The van der Waals surface area contributed by atoms with E-state index in [1.807, 2.05) is 0 Å². The van der Waals surface area contributed by atoms with Crippen molar-refractivity contribution in [3.63, 3.8) is 0 Å². The lowest BCUT2D eigenvalue weighted by atomic mass is 10.3. The molecule has 19 heavy (non-hydrogen) atoms. The summed E-state index contributed by atoms with van der Waals surface area (Å²) in [5.74, 6) is 0.724. The van der Waals surface area contributed by atoms with Crippen LogP contribution in [0.2, 0.25) is 0 Å². The molecule has 3 N–H and O–H groups in total. The smallest absolute Gasteiger partial charge is 0.326 e. The lowest BCUT2D eigenvalue weighted by Crippen LogP contribution is -2.25. The fourth-order valence-electron chi connectivity index (χ4n) is 1.44. The minimum Gasteiger partial charge on any atom is -0.396 e. The van der Waals surface area contributed by atoms with E-state index in [0.29, 0.717) is 11.3 Å². The number of hydrogen-bond donors (Lipinski definition) is 3. The molecular formula is C12H16N2O4S. The Bertz CT molecular complexity index is 547. The van der Waals surface area contributed by atoms with Gasteiger partial charge in [-0.1, -0.05) is 6.42 Å². The normalized spacial score (nSPS) is 11.0. The minimum absolute atomic E-state index is 0.166. The predicted octanol–water partition coefficient (Wildman–Crippen LogP) is 0.530. The molecule has 0 radical (unpaired) electrons. The first kappa shape index (κ1) is 15.5. The number of unbranched alkanes of at least 4 members (excludes halogenated alkanes) is 2. The van der Waals surface area contributed by atoms with E-state index in [1.54, 1.807) is 0 Å². The largest absolute Gasteiger partial charge is 0.396 e. The predicted molar refractivity (Wildman–Crippen MR) is 74.4 cm³/mol. The molecule has 0 atom stereocenters. The van der Waals surface area contributed by atoms with Crippen LogP contribution in [0.3, 0.4) is 0 Å². The van der Waals surface area contributed by atoms with Gasteiger partial charge in [-0.05, 0) is 30.7 Å². The molecule has 0 saturated heterocycles. The summed E-state index contributed by atoms with van der Waals surface area (Å²) < 4.78 is 0. The van der Waals surface area contributed by atoms with Crippen molar-refractivity contribution in [3.05, 3.63) is 32.5 Å². The molecule has 1 aromatic rings. The van der Waals surface area contributed by atoms with Crippen LogP contribution in [0.5, 0.6) is 0 Å². The van der Waals surface area contributed by atoms with Crippen LogP contribution in [-0.2, 0) is 4.79 Å². The molecule has 7 heteroatoms. The van der Waals surface area contributed by atoms with Crippen LogP contribution in [0.4, 0.5) is 0 Å². The van der Waals surface area contributed by atoms with Gasteiger partial charge in [0.25, 0.3) is 5.56 Å². The fraction of sp³-hybridized carbons (Fsp3) is 0.417. The van der Waals surface area contributed by atoms with Crippen LogP contribution in [0, 0.1) is 0 Å². The number of H-pyrrole nitrogens is 2. The Kier molecular flexibility index (Phi) is 6.91. The Hall–Kier alpha value is -1.60. The average Bonchev–Trinajstić information content (AvgIpc) is 2.37. The first-order valence-electron chi connectivity index (χ1n) is 5.91. The standard InChI is InChI=1S/C12H16N2O4S/c15-6-2-1-3-8-19-11-9(5-4-7-16)10(17)13-12(18)14-11/h4-5,7,15H,1-3,6,8H2,(H2,13,14,17,18)/b5-4+. The highest BCUT2D eigenvalue weighted by molar-refractivity contribution is 7.99. The Labute approximate surface area is 114 Å². The van der Waals surface area contributed by atoms with E-state index in [9.17, 15) is 14.4 Å². The first-order chi connectivity index (χ1) is 9.19. The maximum absolute atomic E-state index is 11.6. The summed E-state index contributed by atoms with van der Waals surface area (Å²) in [4.78, 5) is 37.8. The summed E-state index contributed by atoms with van der Waals surface area (Å²) in [6.07, 6.45) is 5.65. The van der Waals surface area contributed by atoms with Gasteiger partial charge in [0.15, 0.2) is 0 Å².